The first-order valence-electron chi connectivity index (χ1n) is 9.57. The van der Waals surface area contributed by atoms with Crippen LogP contribution < -0.4 is 14.8 Å². The van der Waals surface area contributed by atoms with Crippen LogP contribution in [0.4, 0.5) is 0 Å². The lowest BCUT2D eigenvalue weighted by Crippen LogP contribution is -2.36. The second-order valence-corrected chi connectivity index (χ2v) is 6.72. The quantitative estimate of drug-likeness (QED) is 0.724. The molecule has 2 aromatic rings. The van der Waals surface area contributed by atoms with E-state index in [0.717, 1.165) is 24.2 Å². The molecule has 2 amide bonds. The molecule has 0 aromatic heterocycles. The lowest BCUT2D eigenvalue weighted by Gasteiger charge is -2.23. The number of amides is 2. The van der Waals surface area contributed by atoms with Crippen LogP contribution in [0.15, 0.2) is 48.5 Å². The largest absolute Gasteiger partial charge is 0.494 e. The summed E-state index contributed by atoms with van der Waals surface area (Å²) in [5, 5.41) is 2.60. The van der Waals surface area contributed by atoms with Crippen LogP contribution in [0.25, 0.3) is 0 Å². The molecule has 3 rings (SSSR count). The van der Waals surface area contributed by atoms with Gasteiger partial charge in [0.05, 0.1) is 6.61 Å². The van der Waals surface area contributed by atoms with E-state index in [9.17, 15) is 9.59 Å². The van der Waals surface area contributed by atoms with Gasteiger partial charge in [0.25, 0.3) is 11.8 Å². The van der Waals surface area contributed by atoms with Gasteiger partial charge in [-0.3, -0.25) is 9.59 Å². The summed E-state index contributed by atoms with van der Waals surface area (Å²) in [6, 6.07) is 14.9. The molecule has 0 unspecified atom stereocenters. The molecular weight excluding hydrogens is 356 g/mol. The van der Waals surface area contributed by atoms with E-state index in [1.165, 1.54) is 0 Å². The van der Waals surface area contributed by atoms with Crippen LogP contribution in [0.5, 0.6) is 11.5 Å². The molecule has 1 N–H and O–H groups in total. The number of hydrogen-bond donors (Lipinski definition) is 1. The van der Waals surface area contributed by atoms with Gasteiger partial charge in [0.15, 0.2) is 6.61 Å². The number of benzene rings is 2. The van der Waals surface area contributed by atoms with E-state index in [1.807, 2.05) is 36.1 Å². The summed E-state index contributed by atoms with van der Waals surface area (Å²) in [4.78, 5) is 26.2. The number of rotatable bonds is 9. The van der Waals surface area contributed by atoms with E-state index in [4.69, 9.17) is 9.47 Å². The third-order valence-electron chi connectivity index (χ3n) is 4.60. The van der Waals surface area contributed by atoms with Gasteiger partial charge in [-0.15, -0.1) is 0 Å². The maximum atomic E-state index is 12.7. The predicted octanol–water partition coefficient (Wildman–Crippen LogP) is 3.01. The normalized spacial score (nSPS) is 12.9. The van der Waals surface area contributed by atoms with Crippen molar-refractivity contribution in [3.63, 3.8) is 0 Å². The molecule has 6 heteroatoms. The Hall–Kier alpha value is -3.02. The highest BCUT2D eigenvalue weighted by Crippen LogP contribution is 2.29. The average molecular weight is 382 g/mol. The Morgan fingerprint density at radius 2 is 1.61 bits per heavy atom. The summed E-state index contributed by atoms with van der Waals surface area (Å²) in [5.41, 5.74) is 1.60. The molecular formula is C22H26N2O4. The van der Waals surface area contributed by atoms with E-state index in [1.54, 1.807) is 31.3 Å². The summed E-state index contributed by atoms with van der Waals surface area (Å²) in [5.74, 6) is 1.26. The van der Waals surface area contributed by atoms with Gasteiger partial charge in [-0.25, -0.2) is 0 Å². The average Bonchev–Trinajstić information content (AvgIpc) is 3.56. The maximum absolute atomic E-state index is 12.7. The number of nitrogens with one attached hydrogen (secondary N) is 1. The third kappa shape index (κ3) is 5.25. The standard InChI is InChI=1S/C22H26N2O4/c1-3-27-19-10-12-20(13-11-19)28-15-21(25)24(18-8-9-18)14-16-4-6-17(7-5-16)22(26)23-2/h4-7,10-13,18H,3,8-9,14-15H2,1-2H3,(H,23,26). The highest BCUT2D eigenvalue weighted by Gasteiger charge is 2.32. The summed E-state index contributed by atoms with van der Waals surface area (Å²) in [6.07, 6.45) is 2.04. The van der Waals surface area contributed by atoms with Gasteiger partial charge in [0.1, 0.15) is 11.5 Å². The first kappa shape index (κ1) is 19.7. The monoisotopic (exact) mass is 382 g/mol. The van der Waals surface area contributed by atoms with Crippen molar-refractivity contribution in [2.75, 3.05) is 20.3 Å². The first-order valence-corrected chi connectivity index (χ1v) is 9.57. The van der Waals surface area contributed by atoms with Gasteiger partial charge >= 0.3 is 0 Å². The van der Waals surface area contributed by atoms with Crippen molar-refractivity contribution in [1.82, 2.24) is 10.2 Å². The number of ether oxygens (including phenoxy) is 2. The van der Waals surface area contributed by atoms with Crippen molar-refractivity contribution in [3.8, 4) is 11.5 Å². The fourth-order valence-corrected chi connectivity index (χ4v) is 2.94. The summed E-state index contributed by atoms with van der Waals surface area (Å²) in [7, 11) is 1.61. The van der Waals surface area contributed by atoms with Gasteiger partial charge in [-0.2, -0.15) is 0 Å². The molecule has 0 saturated heterocycles. The van der Waals surface area contributed by atoms with Crippen LogP contribution in [-0.4, -0.2) is 43.0 Å². The van der Waals surface area contributed by atoms with E-state index < -0.39 is 0 Å². The van der Waals surface area contributed by atoms with Gasteiger partial charge in [0, 0.05) is 25.2 Å². The molecule has 0 aliphatic heterocycles. The van der Waals surface area contributed by atoms with E-state index >= 15 is 0 Å². The maximum Gasteiger partial charge on any atom is 0.261 e. The molecule has 28 heavy (non-hydrogen) atoms. The van der Waals surface area contributed by atoms with Crippen molar-refractivity contribution in [2.45, 2.75) is 32.4 Å². The summed E-state index contributed by atoms with van der Waals surface area (Å²) in [6.45, 7) is 3.06. The number of carbonyl (C=O) groups is 2. The van der Waals surface area contributed by atoms with E-state index in [2.05, 4.69) is 5.32 Å². The van der Waals surface area contributed by atoms with Crippen LogP contribution >= 0.6 is 0 Å². The zero-order valence-corrected chi connectivity index (χ0v) is 16.3. The lowest BCUT2D eigenvalue weighted by molar-refractivity contribution is -0.134. The molecule has 0 atom stereocenters. The SMILES string of the molecule is CCOc1ccc(OCC(=O)N(Cc2ccc(C(=O)NC)cc2)C2CC2)cc1. The van der Waals surface area contributed by atoms with Crippen molar-refractivity contribution in [1.29, 1.82) is 0 Å². The minimum absolute atomic E-state index is 0.000799. The Morgan fingerprint density at radius 1 is 1.00 bits per heavy atom. The summed E-state index contributed by atoms with van der Waals surface area (Å²) >= 11 is 0. The van der Waals surface area contributed by atoms with Crippen LogP contribution in [-0.2, 0) is 11.3 Å². The van der Waals surface area contributed by atoms with Crippen molar-refractivity contribution < 1.29 is 19.1 Å². The minimum Gasteiger partial charge on any atom is -0.494 e. The van der Waals surface area contributed by atoms with Gasteiger partial charge < -0.3 is 19.7 Å². The number of hydrogen-bond acceptors (Lipinski definition) is 4. The molecule has 0 bridgehead atoms. The zero-order valence-electron chi connectivity index (χ0n) is 16.3. The Bertz CT molecular complexity index is 798. The Labute approximate surface area is 165 Å². The van der Waals surface area contributed by atoms with Crippen molar-refractivity contribution in [3.05, 3.63) is 59.7 Å². The van der Waals surface area contributed by atoms with E-state index in [-0.39, 0.29) is 24.5 Å². The Kier molecular flexibility index (Phi) is 6.53. The van der Waals surface area contributed by atoms with Crippen molar-refractivity contribution in [2.24, 2.45) is 0 Å². The minimum atomic E-state index is -0.120. The van der Waals surface area contributed by atoms with Crippen LogP contribution in [0.1, 0.15) is 35.7 Å². The predicted molar refractivity (Wildman–Crippen MR) is 107 cm³/mol. The molecule has 0 spiro atoms. The van der Waals surface area contributed by atoms with Crippen molar-refractivity contribution >= 4 is 11.8 Å². The molecule has 6 nitrogen and oxygen atoms in total. The lowest BCUT2D eigenvalue weighted by atomic mass is 10.1. The van der Waals surface area contributed by atoms with Crippen LogP contribution in [0.2, 0.25) is 0 Å². The molecule has 1 fully saturated rings. The number of carbonyl (C=O) groups excluding carboxylic acids is 2. The second-order valence-electron chi connectivity index (χ2n) is 6.72. The zero-order chi connectivity index (χ0) is 19.9. The van der Waals surface area contributed by atoms with Gasteiger partial charge in [-0.05, 0) is 61.7 Å². The van der Waals surface area contributed by atoms with Crippen LogP contribution in [0.3, 0.4) is 0 Å². The highest BCUT2D eigenvalue weighted by molar-refractivity contribution is 5.93. The van der Waals surface area contributed by atoms with Crippen LogP contribution in [0, 0.1) is 0 Å². The smallest absolute Gasteiger partial charge is 0.261 e. The molecule has 0 radical (unpaired) electrons. The molecule has 1 saturated carbocycles. The fraction of sp³-hybridized carbons (Fsp3) is 0.364. The molecule has 1 aliphatic carbocycles. The molecule has 0 heterocycles. The topological polar surface area (TPSA) is 67.9 Å². The van der Waals surface area contributed by atoms with E-state index in [0.29, 0.717) is 24.5 Å². The molecule has 1 aliphatic rings. The highest BCUT2D eigenvalue weighted by atomic mass is 16.5. The summed E-state index contributed by atoms with van der Waals surface area (Å²) < 4.78 is 11.1. The first-order chi connectivity index (χ1) is 13.6. The third-order valence-corrected chi connectivity index (χ3v) is 4.60. The Balaban J connectivity index is 1.57. The van der Waals surface area contributed by atoms with Gasteiger partial charge in [0.2, 0.25) is 0 Å². The molecule has 2 aromatic carbocycles. The second kappa shape index (κ2) is 9.26. The Morgan fingerprint density at radius 3 is 2.14 bits per heavy atom. The number of nitrogens with zero attached hydrogens (tertiary/aromatic N) is 1. The molecule has 148 valence electrons. The fourth-order valence-electron chi connectivity index (χ4n) is 2.94. The van der Waals surface area contributed by atoms with Gasteiger partial charge in [-0.1, -0.05) is 12.1 Å².